The standard InChI is InChI=1S/C6H13NO3/c1-9-4-3-6(7-8)5-10-2/h8H,3-5H2,1-2H3/b7-6-. The molecule has 0 atom stereocenters. The maximum Gasteiger partial charge on any atom is 0.0879 e. The average Bonchev–Trinajstić information content (AvgIpc) is 1.98. The summed E-state index contributed by atoms with van der Waals surface area (Å²) >= 11 is 0. The third kappa shape index (κ3) is 4.29. The van der Waals surface area contributed by atoms with Gasteiger partial charge in [-0.25, -0.2) is 0 Å². The van der Waals surface area contributed by atoms with E-state index in [1.165, 1.54) is 0 Å². The Labute approximate surface area is 60.4 Å². The van der Waals surface area contributed by atoms with E-state index in [0.717, 1.165) is 0 Å². The second-order valence-corrected chi connectivity index (χ2v) is 1.84. The van der Waals surface area contributed by atoms with Gasteiger partial charge in [0, 0.05) is 20.6 Å². The van der Waals surface area contributed by atoms with Gasteiger partial charge in [0.15, 0.2) is 0 Å². The lowest BCUT2D eigenvalue weighted by molar-refractivity contribution is 0.198. The highest BCUT2D eigenvalue weighted by Crippen LogP contribution is 1.87. The van der Waals surface area contributed by atoms with Crippen LogP contribution in [-0.2, 0) is 9.47 Å². The molecule has 0 aliphatic carbocycles. The fourth-order valence-corrected chi connectivity index (χ4v) is 0.538. The van der Waals surface area contributed by atoms with Crippen molar-refractivity contribution in [3.8, 4) is 0 Å². The molecule has 0 fully saturated rings. The van der Waals surface area contributed by atoms with Crippen LogP contribution in [0, 0.1) is 0 Å². The van der Waals surface area contributed by atoms with Gasteiger partial charge in [0.1, 0.15) is 0 Å². The van der Waals surface area contributed by atoms with E-state index in [0.29, 0.717) is 25.3 Å². The largest absolute Gasteiger partial charge is 0.411 e. The monoisotopic (exact) mass is 147 g/mol. The van der Waals surface area contributed by atoms with E-state index in [1.807, 2.05) is 0 Å². The second-order valence-electron chi connectivity index (χ2n) is 1.84. The Morgan fingerprint density at radius 3 is 2.50 bits per heavy atom. The number of ether oxygens (including phenoxy) is 2. The fraction of sp³-hybridized carbons (Fsp3) is 0.833. The molecule has 4 heteroatoms. The molecule has 0 aromatic heterocycles. The summed E-state index contributed by atoms with van der Waals surface area (Å²) in [5.41, 5.74) is 0.601. The van der Waals surface area contributed by atoms with Gasteiger partial charge in [0.05, 0.1) is 18.9 Å². The maximum absolute atomic E-state index is 8.34. The van der Waals surface area contributed by atoms with Crippen LogP contribution in [-0.4, -0.2) is 38.4 Å². The molecule has 0 amide bonds. The molecule has 0 spiro atoms. The molecule has 4 nitrogen and oxygen atoms in total. The van der Waals surface area contributed by atoms with Crippen molar-refractivity contribution in [1.29, 1.82) is 0 Å². The number of rotatable bonds is 5. The summed E-state index contributed by atoms with van der Waals surface area (Å²) in [5.74, 6) is 0. The summed E-state index contributed by atoms with van der Waals surface area (Å²) in [6.45, 7) is 0.919. The summed E-state index contributed by atoms with van der Waals surface area (Å²) in [6, 6.07) is 0. The van der Waals surface area contributed by atoms with Gasteiger partial charge in [0.2, 0.25) is 0 Å². The second kappa shape index (κ2) is 6.51. The van der Waals surface area contributed by atoms with Crippen molar-refractivity contribution < 1.29 is 14.7 Å². The molecular formula is C6H13NO3. The average molecular weight is 147 g/mol. The summed E-state index contributed by atoms with van der Waals surface area (Å²) in [5, 5.41) is 11.4. The number of hydrogen-bond donors (Lipinski definition) is 1. The fourth-order valence-electron chi connectivity index (χ4n) is 0.538. The van der Waals surface area contributed by atoms with Gasteiger partial charge in [-0.3, -0.25) is 0 Å². The van der Waals surface area contributed by atoms with E-state index in [2.05, 4.69) is 5.16 Å². The zero-order chi connectivity index (χ0) is 7.82. The molecule has 0 saturated heterocycles. The summed E-state index contributed by atoms with van der Waals surface area (Å²) in [6.07, 6.45) is 0.612. The van der Waals surface area contributed by atoms with Crippen LogP contribution in [0.5, 0.6) is 0 Å². The van der Waals surface area contributed by atoms with Crippen LogP contribution in [0.1, 0.15) is 6.42 Å². The van der Waals surface area contributed by atoms with Crippen molar-refractivity contribution in [1.82, 2.24) is 0 Å². The Balaban J connectivity index is 3.41. The minimum Gasteiger partial charge on any atom is -0.411 e. The van der Waals surface area contributed by atoms with E-state index < -0.39 is 0 Å². The molecular weight excluding hydrogens is 134 g/mol. The molecule has 0 aliphatic rings. The Bertz CT molecular complexity index is 103. The van der Waals surface area contributed by atoms with E-state index >= 15 is 0 Å². The van der Waals surface area contributed by atoms with Crippen LogP contribution in [0.4, 0.5) is 0 Å². The predicted molar refractivity (Wildman–Crippen MR) is 37.6 cm³/mol. The molecule has 0 aromatic carbocycles. The van der Waals surface area contributed by atoms with Crippen molar-refractivity contribution in [3.63, 3.8) is 0 Å². The van der Waals surface area contributed by atoms with Crippen molar-refractivity contribution in [2.75, 3.05) is 27.4 Å². The van der Waals surface area contributed by atoms with E-state index in [4.69, 9.17) is 14.7 Å². The quantitative estimate of drug-likeness (QED) is 0.350. The Morgan fingerprint density at radius 2 is 2.10 bits per heavy atom. The molecule has 0 aliphatic heterocycles. The first-order chi connectivity index (χ1) is 4.85. The first kappa shape index (κ1) is 9.39. The van der Waals surface area contributed by atoms with Crippen LogP contribution in [0.2, 0.25) is 0 Å². The lowest BCUT2D eigenvalue weighted by atomic mass is 10.3. The van der Waals surface area contributed by atoms with Gasteiger partial charge >= 0.3 is 0 Å². The van der Waals surface area contributed by atoms with Crippen LogP contribution >= 0.6 is 0 Å². The highest BCUT2D eigenvalue weighted by atomic mass is 16.5. The summed E-state index contributed by atoms with van der Waals surface area (Å²) in [7, 11) is 3.15. The zero-order valence-corrected chi connectivity index (χ0v) is 6.33. The van der Waals surface area contributed by atoms with Gasteiger partial charge in [-0.1, -0.05) is 5.16 Å². The highest BCUT2D eigenvalue weighted by Gasteiger charge is 1.97. The van der Waals surface area contributed by atoms with Crippen molar-refractivity contribution in [3.05, 3.63) is 0 Å². The van der Waals surface area contributed by atoms with Crippen LogP contribution in [0.15, 0.2) is 5.16 Å². The molecule has 60 valence electrons. The van der Waals surface area contributed by atoms with E-state index in [9.17, 15) is 0 Å². The number of hydrogen-bond acceptors (Lipinski definition) is 4. The third-order valence-corrected chi connectivity index (χ3v) is 1.05. The van der Waals surface area contributed by atoms with Crippen LogP contribution in [0.25, 0.3) is 0 Å². The smallest absolute Gasteiger partial charge is 0.0879 e. The van der Waals surface area contributed by atoms with Crippen molar-refractivity contribution >= 4 is 5.71 Å². The summed E-state index contributed by atoms with van der Waals surface area (Å²) in [4.78, 5) is 0. The van der Waals surface area contributed by atoms with Crippen LogP contribution < -0.4 is 0 Å². The Kier molecular flexibility index (Phi) is 6.11. The van der Waals surface area contributed by atoms with Gasteiger partial charge in [-0.2, -0.15) is 0 Å². The van der Waals surface area contributed by atoms with Gasteiger partial charge in [-0.15, -0.1) is 0 Å². The van der Waals surface area contributed by atoms with Gasteiger partial charge < -0.3 is 14.7 Å². The molecule has 1 N–H and O–H groups in total. The maximum atomic E-state index is 8.34. The third-order valence-electron chi connectivity index (χ3n) is 1.05. The lowest BCUT2D eigenvalue weighted by Gasteiger charge is -2.00. The lowest BCUT2D eigenvalue weighted by Crippen LogP contribution is -2.09. The Morgan fingerprint density at radius 1 is 1.40 bits per heavy atom. The predicted octanol–water partition coefficient (Wildman–Crippen LogP) is 0.499. The molecule has 0 heterocycles. The van der Waals surface area contributed by atoms with Crippen molar-refractivity contribution in [2.24, 2.45) is 5.16 Å². The van der Waals surface area contributed by atoms with Crippen LogP contribution in [0.3, 0.4) is 0 Å². The number of nitrogens with zero attached hydrogens (tertiary/aromatic N) is 1. The molecule has 0 aromatic rings. The highest BCUT2D eigenvalue weighted by molar-refractivity contribution is 5.85. The first-order valence-corrected chi connectivity index (χ1v) is 3.02. The topological polar surface area (TPSA) is 51.0 Å². The molecule has 0 saturated carbocycles. The molecule has 0 bridgehead atoms. The Hall–Kier alpha value is -0.610. The molecule has 0 unspecified atom stereocenters. The summed E-state index contributed by atoms with van der Waals surface area (Å²) < 4.78 is 9.52. The minimum absolute atomic E-state index is 0.361. The molecule has 10 heavy (non-hydrogen) atoms. The minimum atomic E-state index is 0.361. The molecule has 0 rings (SSSR count). The van der Waals surface area contributed by atoms with E-state index in [1.54, 1.807) is 14.2 Å². The number of methoxy groups -OCH3 is 2. The van der Waals surface area contributed by atoms with Crippen molar-refractivity contribution in [2.45, 2.75) is 6.42 Å². The zero-order valence-electron chi connectivity index (χ0n) is 6.33. The SMILES string of the molecule is COCC/C(COC)=N/O. The molecule has 0 radical (unpaired) electrons. The van der Waals surface area contributed by atoms with E-state index in [-0.39, 0.29) is 0 Å². The number of oxime groups is 1. The first-order valence-electron chi connectivity index (χ1n) is 3.02. The normalized spacial score (nSPS) is 12.0. The van der Waals surface area contributed by atoms with Gasteiger partial charge in [0.25, 0.3) is 0 Å². The van der Waals surface area contributed by atoms with Gasteiger partial charge in [-0.05, 0) is 0 Å².